The zero-order chi connectivity index (χ0) is 13.0. The molecule has 0 radical (unpaired) electrons. The molecule has 1 N–H and O–H groups in total. The summed E-state index contributed by atoms with van der Waals surface area (Å²) in [4.78, 5) is 4.31. The maximum Gasteiger partial charge on any atom is 0.207 e. The van der Waals surface area contributed by atoms with E-state index >= 15 is 0 Å². The summed E-state index contributed by atoms with van der Waals surface area (Å²) >= 11 is 3.53. The van der Waals surface area contributed by atoms with E-state index in [0.29, 0.717) is 6.61 Å². The number of nitrogens with one attached hydrogen (secondary N) is 1. The van der Waals surface area contributed by atoms with E-state index in [2.05, 4.69) is 45.3 Å². The number of imidazole rings is 1. The number of ether oxygens (including phenoxy) is 1. The second kappa shape index (κ2) is 6.02. The highest BCUT2D eigenvalue weighted by atomic mass is 79.9. The molecule has 2 aromatic rings. The molecule has 0 aliphatic carbocycles. The second-order valence-electron chi connectivity index (χ2n) is 4.05. The number of hydrogen-bond acceptors (Lipinski definition) is 3. The molecule has 1 aromatic carbocycles. The van der Waals surface area contributed by atoms with Crippen LogP contribution in [0, 0.1) is 6.92 Å². The maximum absolute atomic E-state index is 5.08. The third kappa shape index (κ3) is 3.11. The van der Waals surface area contributed by atoms with Crippen LogP contribution >= 0.6 is 15.9 Å². The molecule has 18 heavy (non-hydrogen) atoms. The Morgan fingerprint density at radius 3 is 3.06 bits per heavy atom. The predicted molar refractivity (Wildman–Crippen MR) is 76.3 cm³/mol. The monoisotopic (exact) mass is 309 g/mol. The van der Waals surface area contributed by atoms with Crippen LogP contribution in [0.25, 0.3) is 0 Å². The first-order valence-electron chi connectivity index (χ1n) is 5.74. The van der Waals surface area contributed by atoms with Crippen LogP contribution in [-0.4, -0.2) is 23.3 Å². The van der Waals surface area contributed by atoms with Crippen molar-refractivity contribution >= 4 is 27.6 Å². The molecule has 96 valence electrons. The standard InChI is InChI=1S/C13H16BrN3O/c1-10-3-4-11(14)12(9-10)16-13-15-5-6-17(13)7-8-18-2/h3-6,9H,7-8H2,1-2H3,(H,15,16). The van der Waals surface area contributed by atoms with Gasteiger partial charge in [0.2, 0.25) is 5.95 Å². The van der Waals surface area contributed by atoms with Crippen molar-refractivity contribution in [3.05, 3.63) is 40.6 Å². The average Bonchev–Trinajstić information content (AvgIpc) is 2.79. The van der Waals surface area contributed by atoms with Crippen molar-refractivity contribution in [2.45, 2.75) is 13.5 Å². The smallest absolute Gasteiger partial charge is 0.207 e. The average molecular weight is 310 g/mol. The lowest BCUT2D eigenvalue weighted by Gasteiger charge is -2.11. The fraction of sp³-hybridized carbons (Fsp3) is 0.308. The zero-order valence-electron chi connectivity index (χ0n) is 10.5. The highest BCUT2D eigenvalue weighted by molar-refractivity contribution is 9.10. The number of aryl methyl sites for hydroxylation is 1. The van der Waals surface area contributed by atoms with Crippen LogP contribution in [0.5, 0.6) is 0 Å². The highest BCUT2D eigenvalue weighted by Crippen LogP contribution is 2.26. The van der Waals surface area contributed by atoms with E-state index < -0.39 is 0 Å². The Morgan fingerprint density at radius 2 is 2.28 bits per heavy atom. The number of benzene rings is 1. The molecule has 2 rings (SSSR count). The Bertz CT molecular complexity index is 525. The molecule has 0 bridgehead atoms. The van der Waals surface area contributed by atoms with Gasteiger partial charge in [-0.05, 0) is 40.5 Å². The van der Waals surface area contributed by atoms with Gasteiger partial charge in [-0.1, -0.05) is 6.07 Å². The molecule has 0 aliphatic rings. The van der Waals surface area contributed by atoms with Crippen molar-refractivity contribution in [3.8, 4) is 0 Å². The van der Waals surface area contributed by atoms with Gasteiger partial charge in [0.05, 0.1) is 12.3 Å². The number of halogens is 1. The lowest BCUT2D eigenvalue weighted by Crippen LogP contribution is -2.07. The molecule has 0 fully saturated rings. The summed E-state index contributed by atoms with van der Waals surface area (Å²) in [5, 5.41) is 3.32. The van der Waals surface area contributed by atoms with Gasteiger partial charge in [-0.25, -0.2) is 4.98 Å². The Labute approximate surface area is 115 Å². The number of nitrogens with zero attached hydrogens (tertiary/aromatic N) is 2. The number of rotatable bonds is 5. The maximum atomic E-state index is 5.08. The molecular weight excluding hydrogens is 294 g/mol. The van der Waals surface area contributed by atoms with E-state index in [-0.39, 0.29) is 0 Å². The summed E-state index contributed by atoms with van der Waals surface area (Å²) in [5.41, 5.74) is 2.22. The summed E-state index contributed by atoms with van der Waals surface area (Å²) in [7, 11) is 1.70. The number of methoxy groups -OCH3 is 1. The highest BCUT2D eigenvalue weighted by Gasteiger charge is 2.05. The Kier molecular flexibility index (Phi) is 4.38. The molecule has 0 amide bonds. The molecule has 4 nitrogen and oxygen atoms in total. The van der Waals surface area contributed by atoms with E-state index in [4.69, 9.17) is 4.74 Å². The van der Waals surface area contributed by atoms with Crippen molar-refractivity contribution in [1.82, 2.24) is 9.55 Å². The molecule has 1 aromatic heterocycles. The molecule has 1 heterocycles. The first-order chi connectivity index (χ1) is 8.70. The summed E-state index contributed by atoms with van der Waals surface area (Å²) in [5.74, 6) is 0.818. The topological polar surface area (TPSA) is 39.1 Å². The van der Waals surface area contributed by atoms with E-state index in [0.717, 1.165) is 22.7 Å². The fourth-order valence-electron chi connectivity index (χ4n) is 1.66. The van der Waals surface area contributed by atoms with Crippen molar-refractivity contribution in [3.63, 3.8) is 0 Å². The second-order valence-corrected chi connectivity index (χ2v) is 4.90. The minimum absolute atomic E-state index is 0.667. The summed E-state index contributed by atoms with van der Waals surface area (Å²) in [6, 6.07) is 6.17. The van der Waals surface area contributed by atoms with Crippen molar-refractivity contribution in [2.24, 2.45) is 0 Å². The first kappa shape index (κ1) is 13.1. The Balaban J connectivity index is 2.18. The SMILES string of the molecule is COCCn1ccnc1Nc1cc(C)ccc1Br. The van der Waals surface area contributed by atoms with Crippen molar-refractivity contribution < 1.29 is 4.74 Å². The Morgan fingerprint density at radius 1 is 1.44 bits per heavy atom. The molecule has 0 saturated carbocycles. The number of aromatic nitrogens is 2. The van der Waals surface area contributed by atoms with Crippen LogP contribution in [0.2, 0.25) is 0 Å². The molecule has 0 atom stereocenters. The molecule has 0 aliphatic heterocycles. The molecule has 0 spiro atoms. The van der Waals surface area contributed by atoms with Crippen LogP contribution < -0.4 is 5.32 Å². The fourth-order valence-corrected chi connectivity index (χ4v) is 2.00. The van der Waals surface area contributed by atoms with Crippen LogP contribution in [0.3, 0.4) is 0 Å². The van der Waals surface area contributed by atoms with Gasteiger partial charge in [0.15, 0.2) is 0 Å². The quantitative estimate of drug-likeness (QED) is 0.920. The van der Waals surface area contributed by atoms with E-state index in [1.54, 1.807) is 13.3 Å². The van der Waals surface area contributed by atoms with Gasteiger partial charge in [0, 0.05) is 30.5 Å². The lowest BCUT2D eigenvalue weighted by molar-refractivity contribution is 0.188. The first-order valence-corrected chi connectivity index (χ1v) is 6.53. The number of hydrogen-bond donors (Lipinski definition) is 1. The van der Waals surface area contributed by atoms with E-state index in [9.17, 15) is 0 Å². The molecule has 5 heteroatoms. The third-order valence-corrected chi connectivity index (χ3v) is 3.31. The van der Waals surface area contributed by atoms with Crippen LogP contribution in [0.15, 0.2) is 35.1 Å². The Hall–Kier alpha value is -1.33. The predicted octanol–water partition coefficient (Wildman–Crippen LogP) is 3.34. The summed E-state index contributed by atoms with van der Waals surface area (Å²) in [6.07, 6.45) is 3.72. The van der Waals surface area contributed by atoms with Gasteiger partial charge >= 0.3 is 0 Å². The van der Waals surface area contributed by atoms with Gasteiger partial charge in [0.1, 0.15) is 0 Å². The van der Waals surface area contributed by atoms with Crippen LogP contribution in [-0.2, 0) is 11.3 Å². The van der Waals surface area contributed by atoms with Gasteiger partial charge in [-0.15, -0.1) is 0 Å². The van der Waals surface area contributed by atoms with Crippen molar-refractivity contribution in [1.29, 1.82) is 0 Å². The minimum Gasteiger partial charge on any atom is -0.383 e. The minimum atomic E-state index is 0.667. The molecule has 0 saturated heterocycles. The zero-order valence-corrected chi connectivity index (χ0v) is 12.1. The van der Waals surface area contributed by atoms with E-state index in [1.165, 1.54) is 5.56 Å². The van der Waals surface area contributed by atoms with Gasteiger partial charge in [0.25, 0.3) is 0 Å². The van der Waals surface area contributed by atoms with Gasteiger partial charge < -0.3 is 14.6 Å². The third-order valence-electron chi connectivity index (χ3n) is 2.62. The largest absolute Gasteiger partial charge is 0.383 e. The van der Waals surface area contributed by atoms with Gasteiger partial charge in [-0.3, -0.25) is 0 Å². The van der Waals surface area contributed by atoms with Crippen LogP contribution in [0.1, 0.15) is 5.56 Å². The van der Waals surface area contributed by atoms with Gasteiger partial charge in [-0.2, -0.15) is 0 Å². The van der Waals surface area contributed by atoms with Crippen molar-refractivity contribution in [2.75, 3.05) is 19.0 Å². The number of anilines is 2. The summed E-state index contributed by atoms with van der Waals surface area (Å²) < 4.78 is 8.13. The molecule has 0 unspecified atom stereocenters. The normalized spacial score (nSPS) is 10.6. The summed E-state index contributed by atoms with van der Waals surface area (Å²) in [6.45, 7) is 3.51. The van der Waals surface area contributed by atoms with Crippen LogP contribution in [0.4, 0.5) is 11.6 Å². The molecular formula is C13H16BrN3O. The lowest BCUT2D eigenvalue weighted by atomic mass is 10.2. The van der Waals surface area contributed by atoms with E-state index in [1.807, 2.05) is 16.8 Å².